The molecule has 0 unspecified atom stereocenters. The number of esters is 1. The van der Waals surface area contributed by atoms with Gasteiger partial charge in [-0.25, -0.2) is 4.79 Å². The van der Waals surface area contributed by atoms with Crippen LogP contribution in [0, 0.1) is 28.6 Å². The average Bonchev–Trinajstić information content (AvgIpc) is 2.96. The Morgan fingerprint density at radius 1 is 1.43 bits per heavy atom. The van der Waals surface area contributed by atoms with E-state index in [1.807, 2.05) is 6.92 Å². The van der Waals surface area contributed by atoms with Crippen LogP contribution < -0.4 is 0 Å². The Bertz CT molecular complexity index is 487. The van der Waals surface area contributed by atoms with Crippen molar-refractivity contribution in [3.8, 4) is 0 Å². The van der Waals surface area contributed by atoms with Crippen LogP contribution in [0.1, 0.15) is 26.2 Å². The molecule has 0 amide bonds. The predicted molar refractivity (Wildman–Crippen MR) is 75.1 cm³/mol. The molecule has 6 atom stereocenters. The van der Waals surface area contributed by atoms with Gasteiger partial charge in [0.05, 0.1) is 13.2 Å². The maximum absolute atomic E-state index is 12.0. The minimum absolute atomic E-state index is 0.0245. The Kier molecular flexibility index (Phi) is 3.43. The molecule has 3 aliphatic carbocycles. The van der Waals surface area contributed by atoms with E-state index in [0.29, 0.717) is 12.0 Å². The van der Waals surface area contributed by atoms with Crippen molar-refractivity contribution in [3.63, 3.8) is 0 Å². The van der Waals surface area contributed by atoms with Crippen molar-refractivity contribution >= 4 is 5.97 Å². The highest BCUT2D eigenvalue weighted by Crippen LogP contribution is 2.71. The fourth-order valence-corrected chi connectivity index (χ4v) is 5.56. The molecule has 0 saturated heterocycles. The van der Waals surface area contributed by atoms with E-state index in [9.17, 15) is 20.1 Å². The summed E-state index contributed by atoms with van der Waals surface area (Å²) in [6, 6.07) is 0. The van der Waals surface area contributed by atoms with Gasteiger partial charge in [-0.15, -0.1) is 0 Å². The van der Waals surface area contributed by atoms with Crippen LogP contribution in [0.4, 0.5) is 0 Å². The van der Waals surface area contributed by atoms with E-state index in [1.165, 1.54) is 7.11 Å². The molecule has 5 heteroatoms. The zero-order valence-corrected chi connectivity index (χ0v) is 12.6. The van der Waals surface area contributed by atoms with Gasteiger partial charge in [0.1, 0.15) is 0 Å². The van der Waals surface area contributed by atoms with Crippen LogP contribution in [0.2, 0.25) is 0 Å². The summed E-state index contributed by atoms with van der Waals surface area (Å²) in [5, 5.41) is 30.4. The molecule has 0 heterocycles. The molecule has 5 nitrogen and oxygen atoms in total. The number of ether oxygens (including phenoxy) is 1. The second-order valence-corrected chi connectivity index (χ2v) is 7.10. The number of methoxy groups -OCH3 is 1. The van der Waals surface area contributed by atoms with Gasteiger partial charge in [0.25, 0.3) is 0 Å². The van der Waals surface area contributed by atoms with Gasteiger partial charge in [0.15, 0.2) is 0 Å². The van der Waals surface area contributed by atoms with E-state index < -0.39 is 22.9 Å². The van der Waals surface area contributed by atoms with E-state index in [2.05, 4.69) is 0 Å². The van der Waals surface area contributed by atoms with Gasteiger partial charge in [0, 0.05) is 29.6 Å². The number of carbonyl (C=O) groups is 1. The summed E-state index contributed by atoms with van der Waals surface area (Å²) in [7, 11) is 1.34. The van der Waals surface area contributed by atoms with Crippen LogP contribution in [0.3, 0.4) is 0 Å². The monoisotopic (exact) mass is 296 g/mol. The van der Waals surface area contributed by atoms with Gasteiger partial charge in [-0.05, 0) is 43.1 Å². The lowest BCUT2D eigenvalue weighted by Crippen LogP contribution is -2.44. The van der Waals surface area contributed by atoms with Crippen molar-refractivity contribution in [2.75, 3.05) is 20.3 Å². The van der Waals surface area contributed by atoms with Crippen LogP contribution in [0.5, 0.6) is 0 Å². The molecule has 0 aromatic heterocycles. The summed E-state index contributed by atoms with van der Waals surface area (Å²) in [6.45, 7) is 2.02. The zero-order valence-electron chi connectivity index (χ0n) is 12.6. The second kappa shape index (κ2) is 4.80. The Labute approximate surface area is 124 Å². The van der Waals surface area contributed by atoms with Crippen LogP contribution in [0.25, 0.3) is 0 Å². The summed E-state index contributed by atoms with van der Waals surface area (Å²) >= 11 is 0. The molecule has 1 spiro atoms. The smallest absolute Gasteiger partial charge is 0.333 e. The van der Waals surface area contributed by atoms with Crippen molar-refractivity contribution in [2.45, 2.75) is 32.3 Å². The quantitative estimate of drug-likeness (QED) is 0.660. The maximum Gasteiger partial charge on any atom is 0.333 e. The Morgan fingerprint density at radius 3 is 2.71 bits per heavy atom. The first-order valence-corrected chi connectivity index (χ1v) is 7.65. The summed E-state index contributed by atoms with van der Waals surface area (Å²) < 4.78 is 4.85. The number of fused-ring (bicyclic) bond motifs is 1. The highest BCUT2D eigenvalue weighted by atomic mass is 16.5. The SMILES string of the molecule is COC(=O)C1=C[C@H](O)[C@@]23C[C@@H]1[C@@](C)(CO)[C@@H]2CC[C@@H]3CO. The molecule has 0 aromatic carbocycles. The molecule has 21 heavy (non-hydrogen) atoms. The molecule has 3 rings (SSSR count). The first-order valence-electron chi connectivity index (χ1n) is 7.65. The van der Waals surface area contributed by atoms with E-state index in [-0.39, 0.29) is 31.0 Å². The van der Waals surface area contributed by atoms with Gasteiger partial charge in [0.2, 0.25) is 0 Å². The second-order valence-electron chi connectivity index (χ2n) is 7.10. The molecule has 3 aliphatic rings. The van der Waals surface area contributed by atoms with Crippen molar-refractivity contribution in [1.29, 1.82) is 0 Å². The summed E-state index contributed by atoms with van der Waals surface area (Å²) in [4.78, 5) is 12.0. The van der Waals surface area contributed by atoms with E-state index in [4.69, 9.17) is 4.74 Å². The normalized spacial score (nSPS) is 48.0. The maximum atomic E-state index is 12.0. The van der Waals surface area contributed by atoms with E-state index >= 15 is 0 Å². The zero-order chi connectivity index (χ0) is 15.4. The molecular formula is C16H24O5. The molecule has 118 valence electrons. The number of hydrogen-bond donors (Lipinski definition) is 3. The van der Waals surface area contributed by atoms with E-state index in [0.717, 1.165) is 12.8 Å². The minimum atomic E-state index is -0.763. The van der Waals surface area contributed by atoms with Crippen LogP contribution in [-0.2, 0) is 9.53 Å². The molecule has 0 aliphatic heterocycles. The van der Waals surface area contributed by atoms with Gasteiger partial charge < -0.3 is 20.1 Å². The number of rotatable bonds is 3. The Hall–Kier alpha value is -0.910. The Balaban J connectivity index is 2.12. The van der Waals surface area contributed by atoms with Crippen LogP contribution >= 0.6 is 0 Å². The third-order valence-electron chi connectivity index (χ3n) is 6.61. The van der Waals surface area contributed by atoms with Crippen molar-refractivity contribution < 1.29 is 24.9 Å². The largest absolute Gasteiger partial charge is 0.466 e. The molecule has 0 radical (unpaired) electrons. The average molecular weight is 296 g/mol. The molecular weight excluding hydrogens is 272 g/mol. The summed E-state index contributed by atoms with van der Waals surface area (Å²) in [5.74, 6) is -0.388. The predicted octanol–water partition coefficient (Wildman–Crippen LogP) is 0.484. The standard InChI is InChI=1S/C16H24O5/c1-15(8-18)11-6-16(9(7-17)3-4-12(15)16)13(19)5-10(11)14(20)21-2/h5,9,11-13,17-19H,3-4,6-8H2,1-2H3/t9-,11+,12+,13+,15-,16-/m1/s1. The highest BCUT2D eigenvalue weighted by Gasteiger charge is 2.69. The Morgan fingerprint density at radius 2 is 2.14 bits per heavy atom. The summed E-state index contributed by atoms with van der Waals surface area (Å²) in [5.41, 5.74) is -0.367. The number of hydrogen-bond acceptors (Lipinski definition) is 5. The van der Waals surface area contributed by atoms with Crippen molar-refractivity contribution in [3.05, 3.63) is 11.6 Å². The minimum Gasteiger partial charge on any atom is -0.466 e. The van der Waals surface area contributed by atoms with Crippen LogP contribution in [-0.4, -0.2) is 47.7 Å². The van der Waals surface area contributed by atoms with Gasteiger partial charge >= 0.3 is 5.97 Å². The van der Waals surface area contributed by atoms with Gasteiger partial charge in [-0.3, -0.25) is 0 Å². The topological polar surface area (TPSA) is 87.0 Å². The highest BCUT2D eigenvalue weighted by molar-refractivity contribution is 5.89. The molecule has 0 aromatic rings. The number of aliphatic hydroxyl groups excluding tert-OH is 3. The number of aliphatic hydroxyl groups is 3. The summed E-state index contributed by atoms with van der Waals surface area (Å²) in [6.07, 6.45) is 3.23. The molecule has 3 N–H and O–H groups in total. The fourth-order valence-electron chi connectivity index (χ4n) is 5.56. The lowest BCUT2D eigenvalue weighted by atomic mass is 9.66. The van der Waals surface area contributed by atoms with Crippen molar-refractivity contribution in [1.82, 2.24) is 0 Å². The number of carbonyl (C=O) groups excluding carboxylic acids is 1. The van der Waals surface area contributed by atoms with E-state index in [1.54, 1.807) is 6.08 Å². The third-order valence-corrected chi connectivity index (χ3v) is 6.61. The molecule has 2 saturated carbocycles. The first kappa shape index (κ1) is 15.0. The van der Waals surface area contributed by atoms with Gasteiger partial charge in [-0.2, -0.15) is 0 Å². The fraction of sp³-hybridized carbons (Fsp3) is 0.812. The molecule has 2 bridgehead atoms. The lowest BCUT2D eigenvalue weighted by molar-refractivity contribution is -0.137. The first-order chi connectivity index (χ1) is 9.95. The third kappa shape index (κ3) is 1.65. The molecule has 2 fully saturated rings. The lowest BCUT2D eigenvalue weighted by Gasteiger charge is -2.41. The van der Waals surface area contributed by atoms with Crippen LogP contribution in [0.15, 0.2) is 11.6 Å². The van der Waals surface area contributed by atoms with Gasteiger partial charge in [-0.1, -0.05) is 6.92 Å². The van der Waals surface area contributed by atoms with Crippen molar-refractivity contribution in [2.24, 2.45) is 28.6 Å².